The molecule has 1 fully saturated rings. The summed E-state index contributed by atoms with van der Waals surface area (Å²) in [5.74, 6) is 2.84. The van der Waals surface area contributed by atoms with E-state index >= 15 is 0 Å². The number of aliphatic imine (C=N–C) groups is 1. The first-order valence-electron chi connectivity index (χ1n) is 14.4. The highest BCUT2D eigenvalue weighted by atomic mass is 15.2. The Morgan fingerprint density at radius 3 is 2.32 bits per heavy atom. The summed E-state index contributed by atoms with van der Waals surface area (Å²) in [6.45, 7) is 15.7. The highest BCUT2D eigenvalue weighted by Gasteiger charge is 2.32. The molecule has 0 bridgehead atoms. The Bertz CT molecular complexity index is 702. The standard InChI is InChI=1S/C31H55N3/c1-9-13-16-29(21-24(5)33(7)31-18-15-14-17-30(31)32-6)34(8)28(12-4)23-25-19-20-26(10-2)27(11-3)22-25/h14-15,17-18,24-29H,6,9-13,16,19-23H2,1-5,7-8H3. The number of hydrogen-bond acceptors (Lipinski definition) is 3. The number of nitrogens with zero attached hydrogens (tertiary/aromatic N) is 3. The highest BCUT2D eigenvalue weighted by Crippen LogP contribution is 2.40. The summed E-state index contributed by atoms with van der Waals surface area (Å²) in [7, 11) is 4.65. The Morgan fingerprint density at radius 2 is 1.71 bits per heavy atom. The molecule has 1 aromatic rings. The van der Waals surface area contributed by atoms with Crippen molar-refractivity contribution in [3.8, 4) is 0 Å². The molecule has 0 heterocycles. The van der Waals surface area contributed by atoms with Crippen LogP contribution in [-0.2, 0) is 0 Å². The molecule has 0 spiro atoms. The molecule has 2 rings (SSSR count). The number of unbranched alkanes of at least 4 members (excludes halogenated alkanes) is 1. The van der Waals surface area contributed by atoms with Gasteiger partial charge < -0.3 is 9.80 Å². The second-order valence-corrected chi connectivity index (χ2v) is 11.1. The van der Waals surface area contributed by atoms with Crippen LogP contribution in [0.1, 0.15) is 105 Å². The van der Waals surface area contributed by atoms with Crippen molar-refractivity contribution in [1.82, 2.24) is 4.90 Å². The van der Waals surface area contributed by atoms with Gasteiger partial charge in [-0.3, -0.25) is 4.99 Å². The summed E-state index contributed by atoms with van der Waals surface area (Å²) in [4.78, 5) is 9.46. The molecule has 0 aliphatic heterocycles. The molecule has 0 amide bonds. The van der Waals surface area contributed by atoms with Gasteiger partial charge in [-0.05, 0) is 89.1 Å². The van der Waals surface area contributed by atoms with Gasteiger partial charge in [-0.2, -0.15) is 0 Å². The summed E-state index contributed by atoms with van der Waals surface area (Å²) in [5, 5.41) is 0. The zero-order valence-electron chi connectivity index (χ0n) is 23.6. The topological polar surface area (TPSA) is 18.8 Å². The van der Waals surface area contributed by atoms with Crippen molar-refractivity contribution in [3.63, 3.8) is 0 Å². The second kappa shape index (κ2) is 14.9. The number of rotatable bonds is 15. The number of benzene rings is 1. The number of hydrogen-bond donors (Lipinski definition) is 0. The lowest BCUT2D eigenvalue weighted by Crippen LogP contribution is -2.45. The molecule has 34 heavy (non-hydrogen) atoms. The van der Waals surface area contributed by atoms with Crippen LogP contribution in [0.15, 0.2) is 29.3 Å². The molecule has 3 nitrogen and oxygen atoms in total. The Labute approximate surface area is 212 Å². The van der Waals surface area contributed by atoms with Crippen LogP contribution in [0.25, 0.3) is 0 Å². The minimum Gasteiger partial charge on any atom is -0.370 e. The van der Waals surface area contributed by atoms with E-state index in [2.05, 4.69) is 88.4 Å². The van der Waals surface area contributed by atoms with Gasteiger partial charge in [0.15, 0.2) is 0 Å². The van der Waals surface area contributed by atoms with Crippen LogP contribution in [0.3, 0.4) is 0 Å². The predicted molar refractivity (Wildman–Crippen MR) is 153 cm³/mol. The van der Waals surface area contributed by atoms with Crippen molar-refractivity contribution >= 4 is 18.1 Å². The Kier molecular flexibility index (Phi) is 12.7. The zero-order valence-corrected chi connectivity index (χ0v) is 23.6. The lowest BCUT2D eigenvalue weighted by molar-refractivity contribution is 0.0949. The monoisotopic (exact) mass is 469 g/mol. The van der Waals surface area contributed by atoms with Gasteiger partial charge in [0.1, 0.15) is 0 Å². The lowest BCUT2D eigenvalue weighted by atomic mass is 9.70. The third kappa shape index (κ3) is 7.83. The normalized spacial score (nSPS) is 23.5. The first kappa shape index (κ1) is 28.9. The molecule has 194 valence electrons. The first-order chi connectivity index (χ1) is 16.4. The molecular weight excluding hydrogens is 414 g/mol. The average Bonchev–Trinajstić information content (AvgIpc) is 2.88. The van der Waals surface area contributed by atoms with E-state index in [1.807, 2.05) is 6.07 Å². The lowest BCUT2D eigenvalue weighted by Gasteiger charge is -2.42. The van der Waals surface area contributed by atoms with E-state index in [1.165, 1.54) is 76.3 Å². The van der Waals surface area contributed by atoms with Crippen LogP contribution in [-0.4, -0.2) is 43.8 Å². The average molecular weight is 470 g/mol. The summed E-state index contributed by atoms with van der Waals surface area (Å²) in [6, 6.07) is 10.2. The van der Waals surface area contributed by atoms with Crippen molar-refractivity contribution in [3.05, 3.63) is 24.3 Å². The van der Waals surface area contributed by atoms with E-state index in [-0.39, 0.29) is 0 Å². The fraction of sp³-hybridized carbons (Fsp3) is 0.774. The van der Waals surface area contributed by atoms with Gasteiger partial charge in [0.25, 0.3) is 0 Å². The van der Waals surface area contributed by atoms with Crippen LogP contribution in [0, 0.1) is 17.8 Å². The fourth-order valence-corrected chi connectivity index (χ4v) is 6.59. The third-order valence-corrected chi connectivity index (χ3v) is 9.12. The van der Waals surface area contributed by atoms with Gasteiger partial charge in [-0.25, -0.2) is 0 Å². The summed E-state index contributed by atoms with van der Waals surface area (Å²) >= 11 is 0. The molecule has 6 unspecified atom stereocenters. The molecule has 0 saturated heterocycles. The molecule has 1 saturated carbocycles. The van der Waals surface area contributed by atoms with Gasteiger partial charge in [0.2, 0.25) is 0 Å². The second-order valence-electron chi connectivity index (χ2n) is 11.1. The van der Waals surface area contributed by atoms with Crippen molar-refractivity contribution < 1.29 is 0 Å². The molecule has 1 aliphatic rings. The largest absolute Gasteiger partial charge is 0.370 e. The van der Waals surface area contributed by atoms with E-state index < -0.39 is 0 Å². The van der Waals surface area contributed by atoms with Crippen LogP contribution < -0.4 is 4.90 Å². The molecule has 1 aromatic carbocycles. The van der Waals surface area contributed by atoms with Crippen molar-refractivity contribution in [1.29, 1.82) is 0 Å². The molecular formula is C31H55N3. The fourth-order valence-electron chi connectivity index (χ4n) is 6.59. The minimum absolute atomic E-state index is 0.453. The van der Waals surface area contributed by atoms with Gasteiger partial charge in [-0.1, -0.05) is 71.9 Å². The Balaban J connectivity index is 2.08. The zero-order chi connectivity index (χ0) is 25.1. The van der Waals surface area contributed by atoms with Crippen LogP contribution in [0.5, 0.6) is 0 Å². The molecule has 3 heteroatoms. The molecule has 0 radical (unpaired) electrons. The van der Waals surface area contributed by atoms with E-state index in [9.17, 15) is 0 Å². The third-order valence-electron chi connectivity index (χ3n) is 9.12. The van der Waals surface area contributed by atoms with E-state index in [0.29, 0.717) is 18.1 Å². The highest BCUT2D eigenvalue weighted by molar-refractivity contribution is 5.68. The van der Waals surface area contributed by atoms with Gasteiger partial charge >= 0.3 is 0 Å². The van der Waals surface area contributed by atoms with Gasteiger partial charge in [0, 0.05) is 25.2 Å². The molecule has 0 N–H and O–H groups in total. The summed E-state index contributed by atoms with van der Waals surface area (Å²) < 4.78 is 0. The molecule has 1 aliphatic carbocycles. The quantitative estimate of drug-likeness (QED) is 0.239. The van der Waals surface area contributed by atoms with E-state index in [0.717, 1.165) is 23.4 Å². The Hall–Kier alpha value is -1.35. The number of para-hydroxylation sites is 2. The maximum absolute atomic E-state index is 4.27. The first-order valence-corrected chi connectivity index (χ1v) is 14.4. The predicted octanol–water partition coefficient (Wildman–Crippen LogP) is 8.75. The summed E-state index contributed by atoms with van der Waals surface area (Å²) in [6.07, 6.45) is 14.8. The number of anilines is 1. The van der Waals surface area contributed by atoms with Crippen LogP contribution in [0.4, 0.5) is 11.4 Å². The molecule has 0 aromatic heterocycles. The van der Waals surface area contributed by atoms with Gasteiger partial charge in [-0.15, -0.1) is 0 Å². The maximum Gasteiger partial charge on any atom is 0.0855 e. The molecule has 6 atom stereocenters. The van der Waals surface area contributed by atoms with Crippen molar-refractivity contribution in [2.75, 3.05) is 19.0 Å². The van der Waals surface area contributed by atoms with Gasteiger partial charge in [0.05, 0.1) is 11.4 Å². The van der Waals surface area contributed by atoms with E-state index in [4.69, 9.17) is 0 Å². The van der Waals surface area contributed by atoms with Crippen LogP contribution >= 0.6 is 0 Å². The van der Waals surface area contributed by atoms with E-state index in [1.54, 1.807) is 0 Å². The Morgan fingerprint density at radius 1 is 1.00 bits per heavy atom. The maximum atomic E-state index is 4.27. The smallest absolute Gasteiger partial charge is 0.0855 e. The van der Waals surface area contributed by atoms with Crippen molar-refractivity contribution in [2.24, 2.45) is 22.7 Å². The SMILES string of the molecule is C=Nc1ccccc1N(C)C(C)CC(CCCC)N(C)C(CC)CC1CCC(CC)C(CC)C1. The van der Waals surface area contributed by atoms with Crippen LogP contribution in [0.2, 0.25) is 0 Å². The van der Waals surface area contributed by atoms with Crippen molar-refractivity contribution in [2.45, 2.75) is 123 Å². The summed E-state index contributed by atoms with van der Waals surface area (Å²) in [5.41, 5.74) is 2.17. The minimum atomic E-state index is 0.453.